The van der Waals surface area contributed by atoms with Gasteiger partial charge in [0.05, 0.1) is 0 Å². The topological polar surface area (TPSA) is 37.4 Å². The van der Waals surface area contributed by atoms with Crippen LogP contribution in [0.25, 0.3) is 0 Å². The highest BCUT2D eigenvalue weighted by molar-refractivity contribution is 7.98. The van der Waals surface area contributed by atoms with Crippen molar-refractivity contribution in [1.82, 2.24) is 4.31 Å². The average Bonchev–Trinajstić information content (AvgIpc) is 2.29. The van der Waals surface area contributed by atoms with Crippen LogP contribution in [0.3, 0.4) is 0 Å². The summed E-state index contributed by atoms with van der Waals surface area (Å²) in [5.41, 5.74) is 0. The van der Waals surface area contributed by atoms with E-state index in [1.807, 2.05) is 6.92 Å². The van der Waals surface area contributed by atoms with Crippen molar-refractivity contribution in [2.45, 2.75) is 13.3 Å². The Morgan fingerprint density at radius 1 is 1.36 bits per heavy atom. The molecule has 11 heavy (non-hydrogen) atoms. The molecule has 0 saturated carbocycles. The summed E-state index contributed by atoms with van der Waals surface area (Å²) in [5.74, 6) is 0.376. The van der Waals surface area contributed by atoms with Gasteiger partial charge in [0.15, 0.2) is 0 Å². The maximum Gasteiger partial charge on any atom is 0.263 e. The minimum absolute atomic E-state index is 0.214. The van der Waals surface area contributed by atoms with Gasteiger partial charge in [0.1, 0.15) is 0 Å². The second-order valence-electron chi connectivity index (χ2n) is 2.14. The van der Waals surface area contributed by atoms with Gasteiger partial charge in [-0.25, -0.2) is 4.31 Å². The van der Waals surface area contributed by atoms with Gasteiger partial charge in [-0.2, -0.15) is 0 Å². The van der Waals surface area contributed by atoms with Crippen molar-refractivity contribution in [3.05, 3.63) is 12.2 Å². The summed E-state index contributed by atoms with van der Waals surface area (Å²) >= 11 is 1.27. The van der Waals surface area contributed by atoms with Crippen LogP contribution in [-0.2, 0) is 9.59 Å². The summed E-state index contributed by atoms with van der Waals surface area (Å²) < 4.78 is 1.18. The second kappa shape index (κ2) is 3.57. The molecular formula is C7H9NO2S. The van der Waals surface area contributed by atoms with Crippen LogP contribution in [0.2, 0.25) is 0 Å². The van der Waals surface area contributed by atoms with Gasteiger partial charge in [0.2, 0.25) is 0 Å². The fraction of sp³-hybridized carbons (Fsp3) is 0.429. The quantitative estimate of drug-likeness (QED) is 0.469. The Hall–Kier alpha value is -0.770. The maximum absolute atomic E-state index is 10.9. The summed E-state index contributed by atoms with van der Waals surface area (Å²) in [6.45, 7) is 2.01. The Balaban J connectivity index is 2.46. The van der Waals surface area contributed by atoms with Crippen molar-refractivity contribution >= 4 is 23.8 Å². The molecule has 0 fully saturated rings. The molecule has 1 aliphatic rings. The number of amides is 2. The van der Waals surface area contributed by atoms with E-state index in [9.17, 15) is 9.59 Å². The molecule has 0 bridgehead atoms. The molecule has 2 amide bonds. The molecular weight excluding hydrogens is 162 g/mol. The monoisotopic (exact) mass is 171 g/mol. The summed E-state index contributed by atoms with van der Waals surface area (Å²) in [6.07, 6.45) is 3.55. The first-order valence-corrected chi connectivity index (χ1v) is 4.39. The van der Waals surface area contributed by atoms with Crippen molar-refractivity contribution in [2.75, 3.05) is 5.75 Å². The lowest BCUT2D eigenvalue weighted by Gasteiger charge is -2.10. The molecule has 0 aliphatic carbocycles. The number of hydrogen-bond acceptors (Lipinski definition) is 3. The van der Waals surface area contributed by atoms with Crippen molar-refractivity contribution in [3.63, 3.8) is 0 Å². The van der Waals surface area contributed by atoms with E-state index in [4.69, 9.17) is 0 Å². The number of hydrogen-bond donors (Lipinski definition) is 0. The summed E-state index contributed by atoms with van der Waals surface area (Å²) in [7, 11) is 0. The van der Waals surface area contributed by atoms with Crippen LogP contribution < -0.4 is 0 Å². The molecule has 0 atom stereocenters. The van der Waals surface area contributed by atoms with Gasteiger partial charge in [0, 0.05) is 17.9 Å². The molecule has 0 aromatic rings. The van der Waals surface area contributed by atoms with E-state index in [0.29, 0.717) is 0 Å². The smallest absolute Gasteiger partial charge is 0.263 e. The zero-order chi connectivity index (χ0) is 8.27. The lowest BCUT2D eigenvalue weighted by molar-refractivity contribution is -0.130. The third kappa shape index (κ3) is 1.83. The Labute approximate surface area is 69.6 Å². The Bertz CT molecular complexity index is 194. The second-order valence-corrected chi connectivity index (χ2v) is 3.17. The maximum atomic E-state index is 10.9. The van der Waals surface area contributed by atoms with Gasteiger partial charge in [-0.05, 0) is 18.4 Å². The van der Waals surface area contributed by atoms with E-state index in [1.165, 1.54) is 28.4 Å². The van der Waals surface area contributed by atoms with Crippen LogP contribution in [-0.4, -0.2) is 21.9 Å². The third-order valence-corrected chi connectivity index (χ3v) is 2.40. The molecule has 60 valence electrons. The van der Waals surface area contributed by atoms with Crippen LogP contribution in [0, 0.1) is 0 Å². The Morgan fingerprint density at radius 2 is 1.91 bits per heavy atom. The molecule has 0 aromatic carbocycles. The predicted molar refractivity (Wildman–Crippen MR) is 43.7 cm³/mol. The Morgan fingerprint density at radius 3 is 2.36 bits per heavy atom. The minimum Gasteiger partial charge on any atom is -0.268 e. The van der Waals surface area contributed by atoms with Crippen LogP contribution in [0.15, 0.2) is 12.2 Å². The fourth-order valence-electron chi connectivity index (χ4n) is 0.696. The largest absolute Gasteiger partial charge is 0.268 e. The molecule has 1 rings (SSSR count). The van der Waals surface area contributed by atoms with E-state index in [2.05, 4.69) is 0 Å². The first-order valence-electron chi connectivity index (χ1n) is 3.44. The van der Waals surface area contributed by atoms with Crippen LogP contribution in [0.5, 0.6) is 0 Å². The normalized spacial score (nSPS) is 16.6. The third-order valence-electron chi connectivity index (χ3n) is 1.19. The van der Waals surface area contributed by atoms with Crippen LogP contribution in [0.1, 0.15) is 13.3 Å². The molecule has 0 unspecified atom stereocenters. The number of rotatable bonds is 3. The van der Waals surface area contributed by atoms with Crippen molar-refractivity contribution in [3.8, 4) is 0 Å². The van der Waals surface area contributed by atoms with Crippen molar-refractivity contribution in [1.29, 1.82) is 0 Å². The van der Waals surface area contributed by atoms with Gasteiger partial charge in [-0.15, -0.1) is 0 Å². The van der Waals surface area contributed by atoms with Gasteiger partial charge in [0.25, 0.3) is 11.8 Å². The SMILES string of the molecule is CCCSN1C(=O)C=CC1=O. The number of carbonyl (C=O) groups excluding carboxylic acids is 2. The number of imide groups is 1. The molecule has 0 radical (unpaired) electrons. The highest BCUT2D eigenvalue weighted by Crippen LogP contribution is 2.16. The molecule has 0 aromatic heterocycles. The molecule has 0 spiro atoms. The molecule has 3 nitrogen and oxygen atoms in total. The number of nitrogens with zero attached hydrogens (tertiary/aromatic N) is 1. The first-order chi connectivity index (χ1) is 5.25. The van der Waals surface area contributed by atoms with E-state index < -0.39 is 0 Å². The summed E-state index contributed by atoms with van der Waals surface area (Å²) in [4.78, 5) is 21.8. The van der Waals surface area contributed by atoms with Gasteiger partial charge in [-0.3, -0.25) is 9.59 Å². The van der Waals surface area contributed by atoms with Gasteiger partial charge in [-0.1, -0.05) is 6.92 Å². The first kappa shape index (κ1) is 8.33. The predicted octanol–water partition coefficient (Wildman–Crippen LogP) is 0.970. The van der Waals surface area contributed by atoms with Crippen LogP contribution >= 0.6 is 11.9 Å². The zero-order valence-electron chi connectivity index (χ0n) is 6.24. The average molecular weight is 171 g/mol. The van der Waals surface area contributed by atoms with Crippen LogP contribution in [0.4, 0.5) is 0 Å². The van der Waals surface area contributed by atoms with E-state index in [1.54, 1.807) is 0 Å². The zero-order valence-corrected chi connectivity index (χ0v) is 7.06. The summed E-state index contributed by atoms with van der Waals surface area (Å²) in [6, 6.07) is 0. The molecule has 0 saturated heterocycles. The molecule has 0 N–H and O–H groups in total. The standard InChI is InChI=1S/C7H9NO2S/c1-2-5-11-8-6(9)3-4-7(8)10/h3-4H,2,5H2,1H3. The fourth-order valence-corrected chi connectivity index (χ4v) is 1.44. The van der Waals surface area contributed by atoms with E-state index in [-0.39, 0.29) is 11.8 Å². The molecule has 1 aliphatic heterocycles. The minimum atomic E-state index is -0.214. The Kier molecular flexibility index (Phi) is 2.70. The van der Waals surface area contributed by atoms with Gasteiger partial charge < -0.3 is 0 Å². The lowest BCUT2D eigenvalue weighted by Crippen LogP contribution is -2.22. The van der Waals surface area contributed by atoms with E-state index in [0.717, 1.165) is 12.2 Å². The van der Waals surface area contributed by atoms with Crippen molar-refractivity contribution in [2.24, 2.45) is 0 Å². The molecule has 1 heterocycles. The highest BCUT2D eigenvalue weighted by Gasteiger charge is 2.23. The highest BCUT2D eigenvalue weighted by atomic mass is 32.2. The molecule has 4 heteroatoms. The van der Waals surface area contributed by atoms with E-state index >= 15 is 0 Å². The van der Waals surface area contributed by atoms with Crippen molar-refractivity contribution < 1.29 is 9.59 Å². The lowest BCUT2D eigenvalue weighted by atomic mass is 10.6. The number of carbonyl (C=O) groups is 2. The van der Waals surface area contributed by atoms with Gasteiger partial charge >= 0.3 is 0 Å². The summed E-state index contributed by atoms with van der Waals surface area (Å²) in [5, 5.41) is 0.